The molecule has 1 heterocycles. The van der Waals surface area contributed by atoms with Crippen LogP contribution in [0, 0.1) is 6.92 Å². The Balaban J connectivity index is 2.84. The van der Waals surface area contributed by atoms with Gasteiger partial charge in [-0.15, -0.1) is 0 Å². The third-order valence-corrected chi connectivity index (χ3v) is 2.85. The largest absolute Gasteiger partial charge is 0.497 e. The zero-order valence-electron chi connectivity index (χ0n) is 9.66. The van der Waals surface area contributed by atoms with Gasteiger partial charge >= 0.3 is 5.63 Å². The van der Waals surface area contributed by atoms with Crippen LogP contribution in [0.25, 0.3) is 11.0 Å². The van der Waals surface area contributed by atoms with E-state index in [1.54, 1.807) is 19.2 Å². The monoisotopic (exact) mass is 218 g/mol. The quantitative estimate of drug-likeness (QED) is 0.727. The number of ether oxygens (including phenoxy) is 1. The van der Waals surface area contributed by atoms with Crippen LogP contribution in [0.3, 0.4) is 0 Å². The van der Waals surface area contributed by atoms with Crippen molar-refractivity contribution in [1.82, 2.24) is 0 Å². The van der Waals surface area contributed by atoms with Gasteiger partial charge in [-0.3, -0.25) is 0 Å². The predicted octanol–water partition coefficient (Wildman–Crippen LogP) is 2.67. The van der Waals surface area contributed by atoms with Gasteiger partial charge in [-0.2, -0.15) is 0 Å². The molecular weight excluding hydrogens is 204 g/mol. The van der Waals surface area contributed by atoms with E-state index in [0.717, 1.165) is 22.3 Å². The summed E-state index contributed by atoms with van der Waals surface area (Å²) >= 11 is 0. The lowest BCUT2D eigenvalue weighted by atomic mass is 10.0. The molecule has 2 aromatic rings. The topological polar surface area (TPSA) is 39.4 Å². The van der Waals surface area contributed by atoms with Gasteiger partial charge in [0.1, 0.15) is 11.3 Å². The highest BCUT2D eigenvalue weighted by atomic mass is 16.5. The van der Waals surface area contributed by atoms with Crippen LogP contribution in [-0.4, -0.2) is 7.11 Å². The SMILES string of the molecule is CCc1c(C)c2cc(OC)ccc2oc1=O. The first kappa shape index (κ1) is 10.7. The van der Waals surface area contributed by atoms with Gasteiger partial charge in [-0.1, -0.05) is 6.92 Å². The first-order valence-corrected chi connectivity index (χ1v) is 5.27. The maximum atomic E-state index is 11.6. The summed E-state index contributed by atoms with van der Waals surface area (Å²) in [7, 11) is 1.62. The van der Waals surface area contributed by atoms with Crippen LogP contribution in [-0.2, 0) is 6.42 Å². The van der Waals surface area contributed by atoms with Gasteiger partial charge in [0.15, 0.2) is 0 Å². The van der Waals surface area contributed by atoms with E-state index in [1.165, 1.54) is 0 Å². The molecule has 0 aliphatic heterocycles. The fourth-order valence-corrected chi connectivity index (χ4v) is 1.90. The molecule has 0 saturated carbocycles. The molecule has 0 unspecified atom stereocenters. The minimum Gasteiger partial charge on any atom is -0.497 e. The lowest BCUT2D eigenvalue weighted by Gasteiger charge is -2.07. The van der Waals surface area contributed by atoms with Crippen LogP contribution in [0.2, 0.25) is 0 Å². The first-order valence-electron chi connectivity index (χ1n) is 5.27. The summed E-state index contributed by atoms with van der Waals surface area (Å²) in [5.74, 6) is 0.770. The minimum atomic E-state index is -0.238. The molecule has 0 aliphatic carbocycles. The maximum absolute atomic E-state index is 11.6. The van der Waals surface area contributed by atoms with Crippen molar-refractivity contribution in [2.45, 2.75) is 20.3 Å². The van der Waals surface area contributed by atoms with Gasteiger partial charge in [0, 0.05) is 10.9 Å². The van der Waals surface area contributed by atoms with Crippen LogP contribution in [0.15, 0.2) is 27.4 Å². The Hall–Kier alpha value is -1.77. The van der Waals surface area contributed by atoms with Crippen molar-refractivity contribution in [3.05, 3.63) is 39.7 Å². The van der Waals surface area contributed by atoms with Crippen molar-refractivity contribution in [2.24, 2.45) is 0 Å². The summed E-state index contributed by atoms with van der Waals surface area (Å²) < 4.78 is 10.4. The Morgan fingerprint density at radius 3 is 2.75 bits per heavy atom. The number of methoxy groups -OCH3 is 1. The van der Waals surface area contributed by atoms with Crippen molar-refractivity contribution >= 4 is 11.0 Å². The molecule has 0 fully saturated rings. The highest BCUT2D eigenvalue weighted by molar-refractivity contribution is 5.82. The van der Waals surface area contributed by atoms with Crippen molar-refractivity contribution in [1.29, 1.82) is 0 Å². The van der Waals surface area contributed by atoms with Crippen LogP contribution < -0.4 is 10.4 Å². The average Bonchev–Trinajstić information content (AvgIpc) is 2.29. The third-order valence-electron chi connectivity index (χ3n) is 2.85. The molecule has 84 valence electrons. The number of fused-ring (bicyclic) bond motifs is 1. The number of hydrogen-bond acceptors (Lipinski definition) is 3. The molecule has 0 saturated heterocycles. The Morgan fingerprint density at radius 1 is 1.38 bits per heavy atom. The fourth-order valence-electron chi connectivity index (χ4n) is 1.90. The zero-order valence-corrected chi connectivity index (χ0v) is 9.66. The number of benzene rings is 1. The van der Waals surface area contributed by atoms with Crippen LogP contribution in [0.1, 0.15) is 18.1 Å². The summed E-state index contributed by atoms with van der Waals surface area (Å²) in [6.45, 7) is 3.89. The molecule has 1 aromatic heterocycles. The van der Waals surface area contributed by atoms with E-state index in [0.29, 0.717) is 12.0 Å². The maximum Gasteiger partial charge on any atom is 0.339 e. The molecule has 0 radical (unpaired) electrons. The predicted molar refractivity (Wildman–Crippen MR) is 63.2 cm³/mol. The molecule has 3 heteroatoms. The van der Waals surface area contributed by atoms with Crippen molar-refractivity contribution < 1.29 is 9.15 Å². The fraction of sp³-hybridized carbons (Fsp3) is 0.308. The molecule has 0 aliphatic rings. The van der Waals surface area contributed by atoms with Gasteiger partial charge in [-0.05, 0) is 37.1 Å². The van der Waals surface area contributed by atoms with E-state index in [4.69, 9.17) is 9.15 Å². The van der Waals surface area contributed by atoms with Crippen molar-refractivity contribution in [2.75, 3.05) is 7.11 Å². The Labute approximate surface area is 93.7 Å². The molecule has 1 aromatic carbocycles. The summed E-state index contributed by atoms with van der Waals surface area (Å²) in [5, 5.41) is 0.941. The first-order chi connectivity index (χ1) is 7.67. The summed E-state index contributed by atoms with van der Waals surface area (Å²) in [5.41, 5.74) is 2.09. The Kier molecular flexibility index (Phi) is 2.69. The van der Waals surface area contributed by atoms with Gasteiger partial charge in [0.2, 0.25) is 0 Å². The third kappa shape index (κ3) is 1.58. The lowest BCUT2D eigenvalue weighted by Crippen LogP contribution is -2.08. The molecule has 0 bridgehead atoms. The highest BCUT2D eigenvalue weighted by Crippen LogP contribution is 2.24. The second kappa shape index (κ2) is 4.00. The second-order valence-corrected chi connectivity index (χ2v) is 3.71. The molecule has 3 nitrogen and oxygen atoms in total. The van der Waals surface area contributed by atoms with Crippen LogP contribution in [0.5, 0.6) is 5.75 Å². The van der Waals surface area contributed by atoms with E-state index in [9.17, 15) is 4.79 Å². The number of rotatable bonds is 2. The Morgan fingerprint density at radius 2 is 2.12 bits per heavy atom. The normalized spacial score (nSPS) is 10.7. The Bertz CT molecular complexity index is 581. The zero-order chi connectivity index (χ0) is 11.7. The molecule has 16 heavy (non-hydrogen) atoms. The highest BCUT2D eigenvalue weighted by Gasteiger charge is 2.09. The van der Waals surface area contributed by atoms with E-state index >= 15 is 0 Å². The number of hydrogen-bond donors (Lipinski definition) is 0. The lowest BCUT2D eigenvalue weighted by molar-refractivity contribution is 0.415. The van der Waals surface area contributed by atoms with E-state index in [-0.39, 0.29) is 5.63 Å². The van der Waals surface area contributed by atoms with E-state index in [2.05, 4.69) is 0 Å². The average molecular weight is 218 g/mol. The standard InChI is InChI=1S/C13H14O3/c1-4-10-8(2)11-7-9(15-3)5-6-12(11)16-13(10)14/h5-7H,4H2,1-3H3. The number of aryl methyl sites for hydroxylation is 1. The molecule has 0 amide bonds. The van der Waals surface area contributed by atoms with E-state index in [1.807, 2.05) is 19.9 Å². The van der Waals surface area contributed by atoms with Gasteiger partial charge in [-0.25, -0.2) is 4.79 Å². The van der Waals surface area contributed by atoms with E-state index < -0.39 is 0 Å². The van der Waals surface area contributed by atoms with Gasteiger partial charge in [0.05, 0.1) is 7.11 Å². The van der Waals surface area contributed by atoms with Crippen LogP contribution >= 0.6 is 0 Å². The van der Waals surface area contributed by atoms with Gasteiger partial charge < -0.3 is 9.15 Å². The summed E-state index contributed by atoms with van der Waals surface area (Å²) in [4.78, 5) is 11.6. The summed E-state index contributed by atoms with van der Waals surface area (Å²) in [6.07, 6.45) is 0.682. The molecule has 0 atom stereocenters. The smallest absolute Gasteiger partial charge is 0.339 e. The van der Waals surface area contributed by atoms with Crippen molar-refractivity contribution in [3.8, 4) is 5.75 Å². The summed E-state index contributed by atoms with van der Waals surface area (Å²) in [6, 6.07) is 5.45. The van der Waals surface area contributed by atoms with Crippen molar-refractivity contribution in [3.63, 3.8) is 0 Å². The minimum absolute atomic E-state index is 0.238. The molecular formula is C13H14O3. The second-order valence-electron chi connectivity index (χ2n) is 3.71. The molecule has 0 spiro atoms. The van der Waals surface area contributed by atoms with Crippen LogP contribution in [0.4, 0.5) is 0 Å². The molecule has 2 rings (SSSR count). The van der Waals surface area contributed by atoms with Gasteiger partial charge in [0.25, 0.3) is 0 Å². The molecule has 0 N–H and O–H groups in total.